The zero-order valence-corrected chi connectivity index (χ0v) is 13.2. The Hall–Kier alpha value is 0.530. The first-order valence-corrected chi connectivity index (χ1v) is 7.49. The van der Waals surface area contributed by atoms with E-state index in [9.17, 15) is 0 Å². The number of halogens is 1. The Bertz CT molecular complexity index is 345. The van der Waals surface area contributed by atoms with Crippen molar-refractivity contribution in [3.8, 4) is 0 Å². The molecular weight excluding hydrogens is 351 g/mol. The average Bonchev–Trinajstić information content (AvgIpc) is 2.81. The van der Waals surface area contributed by atoms with Crippen LogP contribution in [0.15, 0.2) is 0 Å². The lowest BCUT2D eigenvalue weighted by atomic mass is 10.1. The van der Waals surface area contributed by atoms with Crippen molar-refractivity contribution >= 4 is 22.6 Å². The van der Waals surface area contributed by atoms with Gasteiger partial charge in [0.05, 0.1) is 10.5 Å². The van der Waals surface area contributed by atoms with Gasteiger partial charge in [-0.1, -0.05) is 22.6 Å². The van der Waals surface area contributed by atoms with Crippen LogP contribution >= 0.6 is 22.6 Å². The van der Waals surface area contributed by atoms with E-state index in [1.165, 1.54) is 0 Å². The van der Waals surface area contributed by atoms with Gasteiger partial charge in [-0.2, -0.15) is 0 Å². The molecule has 0 N–H and O–H groups in total. The third-order valence-electron chi connectivity index (χ3n) is 3.40. The van der Waals surface area contributed by atoms with Crippen LogP contribution in [0, 0.1) is 0 Å². The van der Waals surface area contributed by atoms with E-state index in [1.807, 2.05) is 27.7 Å². The first-order chi connectivity index (χ1) is 8.27. The molecule has 0 radical (unpaired) electrons. The van der Waals surface area contributed by atoms with Crippen LogP contribution in [0.3, 0.4) is 0 Å². The molecule has 0 aromatic carbocycles. The topological polar surface area (TPSA) is 46.2 Å². The standard InChI is InChI=1S/C12H19IO5/c1-11(2)14-5-6(16-11)8-7(13)9-10(15-8)18-12(3,4)17-9/h6-10H,5H2,1-4H3/t6?,7-,8-,9-,10-/m1/s1. The molecule has 3 rings (SSSR count). The molecule has 0 aromatic heterocycles. The van der Waals surface area contributed by atoms with Crippen molar-refractivity contribution in [3.63, 3.8) is 0 Å². The number of rotatable bonds is 1. The molecule has 3 aliphatic rings. The summed E-state index contributed by atoms with van der Waals surface area (Å²) in [6.45, 7) is 8.21. The molecule has 0 saturated carbocycles. The summed E-state index contributed by atoms with van der Waals surface area (Å²) in [5.41, 5.74) is 0. The zero-order valence-electron chi connectivity index (χ0n) is 11.0. The molecule has 0 aliphatic carbocycles. The van der Waals surface area contributed by atoms with Gasteiger partial charge in [0.25, 0.3) is 0 Å². The summed E-state index contributed by atoms with van der Waals surface area (Å²) < 4.78 is 29.2. The highest BCUT2D eigenvalue weighted by Crippen LogP contribution is 2.43. The van der Waals surface area contributed by atoms with E-state index in [0.717, 1.165) is 0 Å². The van der Waals surface area contributed by atoms with Crippen molar-refractivity contribution in [1.82, 2.24) is 0 Å². The molecule has 3 aliphatic heterocycles. The SMILES string of the molecule is CC1(C)OCC([C@H]2O[C@@H]3OC(C)(C)O[C@@H]3[C@@H]2I)O1. The molecule has 3 fully saturated rings. The van der Waals surface area contributed by atoms with Gasteiger partial charge in [0.15, 0.2) is 17.9 Å². The summed E-state index contributed by atoms with van der Waals surface area (Å²) in [6.07, 6.45) is -0.418. The van der Waals surface area contributed by atoms with Gasteiger partial charge in [-0.25, -0.2) is 0 Å². The molecule has 6 heteroatoms. The van der Waals surface area contributed by atoms with Crippen LogP contribution in [0.4, 0.5) is 0 Å². The molecule has 1 unspecified atom stereocenters. The molecule has 5 atom stereocenters. The second-order valence-corrected chi connectivity index (χ2v) is 7.32. The molecule has 3 heterocycles. The van der Waals surface area contributed by atoms with Gasteiger partial charge in [-0.05, 0) is 27.7 Å². The van der Waals surface area contributed by atoms with Crippen molar-refractivity contribution in [1.29, 1.82) is 0 Å². The number of hydrogen-bond donors (Lipinski definition) is 0. The smallest absolute Gasteiger partial charge is 0.188 e. The Labute approximate surface area is 121 Å². The van der Waals surface area contributed by atoms with Gasteiger partial charge in [-0.3, -0.25) is 0 Å². The van der Waals surface area contributed by atoms with E-state index >= 15 is 0 Å². The van der Waals surface area contributed by atoms with Crippen LogP contribution in [-0.4, -0.2) is 46.7 Å². The number of ether oxygens (including phenoxy) is 5. The first-order valence-electron chi connectivity index (χ1n) is 6.24. The summed E-state index contributed by atoms with van der Waals surface area (Å²) in [6, 6.07) is 0. The van der Waals surface area contributed by atoms with Crippen LogP contribution in [-0.2, 0) is 23.7 Å². The second-order valence-electron chi connectivity index (χ2n) is 5.88. The maximum atomic E-state index is 5.95. The third kappa shape index (κ3) is 2.31. The largest absolute Gasteiger partial charge is 0.348 e. The molecule has 0 aromatic rings. The fraction of sp³-hybridized carbons (Fsp3) is 1.00. The van der Waals surface area contributed by atoms with E-state index in [2.05, 4.69) is 22.6 Å². The lowest BCUT2D eigenvalue weighted by Gasteiger charge is -2.26. The van der Waals surface area contributed by atoms with Crippen molar-refractivity contribution in [2.75, 3.05) is 6.61 Å². The van der Waals surface area contributed by atoms with Gasteiger partial charge < -0.3 is 23.7 Å². The van der Waals surface area contributed by atoms with Crippen LogP contribution < -0.4 is 0 Å². The molecule has 104 valence electrons. The molecule has 0 bridgehead atoms. The van der Waals surface area contributed by atoms with Crippen LogP contribution in [0.5, 0.6) is 0 Å². The fourth-order valence-electron chi connectivity index (χ4n) is 2.67. The van der Waals surface area contributed by atoms with Gasteiger partial charge in [0.1, 0.15) is 18.3 Å². The Kier molecular flexibility index (Phi) is 3.20. The Morgan fingerprint density at radius 3 is 2.22 bits per heavy atom. The van der Waals surface area contributed by atoms with Crippen molar-refractivity contribution in [3.05, 3.63) is 0 Å². The summed E-state index contributed by atoms with van der Waals surface area (Å²) in [7, 11) is 0. The molecule has 0 amide bonds. The summed E-state index contributed by atoms with van der Waals surface area (Å²) in [5.74, 6) is -1.08. The van der Waals surface area contributed by atoms with Crippen LogP contribution in [0.25, 0.3) is 0 Å². The predicted octanol–water partition coefficient (Wildman–Crippen LogP) is 1.82. The summed E-state index contributed by atoms with van der Waals surface area (Å²) in [4.78, 5) is 0. The maximum absolute atomic E-state index is 5.95. The van der Waals surface area contributed by atoms with Gasteiger partial charge in [0, 0.05) is 0 Å². The fourth-order valence-corrected chi connectivity index (χ4v) is 3.78. The minimum absolute atomic E-state index is 0.0297. The lowest BCUT2D eigenvalue weighted by molar-refractivity contribution is -0.219. The molecular formula is C12H19IO5. The monoisotopic (exact) mass is 370 g/mol. The van der Waals surface area contributed by atoms with Crippen molar-refractivity contribution in [2.24, 2.45) is 0 Å². The highest BCUT2D eigenvalue weighted by Gasteiger charge is 2.57. The minimum Gasteiger partial charge on any atom is -0.348 e. The van der Waals surface area contributed by atoms with Crippen molar-refractivity contribution in [2.45, 2.75) is 67.8 Å². The average molecular weight is 370 g/mol. The molecule has 18 heavy (non-hydrogen) atoms. The summed E-state index contributed by atoms with van der Waals surface area (Å²) in [5, 5.41) is 0. The third-order valence-corrected chi connectivity index (χ3v) is 4.82. The quantitative estimate of drug-likeness (QED) is 0.521. The minimum atomic E-state index is -0.559. The Morgan fingerprint density at radius 1 is 0.944 bits per heavy atom. The highest BCUT2D eigenvalue weighted by atomic mass is 127. The Balaban J connectivity index is 1.68. The van der Waals surface area contributed by atoms with Crippen molar-refractivity contribution < 1.29 is 23.7 Å². The van der Waals surface area contributed by atoms with E-state index in [4.69, 9.17) is 23.7 Å². The highest BCUT2D eigenvalue weighted by molar-refractivity contribution is 14.1. The van der Waals surface area contributed by atoms with Crippen LogP contribution in [0.1, 0.15) is 27.7 Å². The number of hydrogen-bond acceptors (Lipinski definition) is 5. The Morgan fingerprint density at radius 2 is 1.67 bits per heavy atom. The van der Waals surface area contributed by atoms with E-state index < -0.39 is 11.6 Å². The van der Waals surface area contributed by atoms with Gasteiger partial charge in [0.2, 0.25) is 0 Å². The van der Waals surface area contributed by atoms with Gasteiger partial charge in [-0.15, -0.1) is 0 Å². The van der Waals surface area contributed by atoms with Crippen LogP contribution in [0.2, 0.25) is 0 Å². The molecule has 5 nitrogen and oxygen atoms in total. The predicted molar refractivity (Wildman–Crippen MR) is 71.4 cm³/mol. The number of fused-ring (bicyclic) bond motifs is 1. The van der Waals surface area contributed by atoms with Gasteiger partial charge >= 0.3 is 0 Å². The lowest BCUT2D eigenvalue weighted by Crippen LogP contribution is -2.39. The summed E-state index contributed by atoms with van der Waals surface area (Å²) >= 11 is 2.36. The second kappa shape index (κ2) is 4.26. The molecule has 3 saturated heterocycles. The maximum Gasteiger partial charge on any atom is 0.188 e. The van der Waals surface area contributed by atoms with E-state index in [1.54, 1.807) is 0 Å². The van der Waals surface area contributed by atoms with E-state index in [0.29, 0.717) is 6.61 Å². The normalized spacial score (nSPS) is 49.5. The van der Waals surface area contributed by atoms with E-state index in [-0.39, 0.29) is 28.5 Å². The zero-order chi connectivity index (χ0) is 13.1. The first kappa shape index (κ1) is 13.5. The molecule has 0 spiro atoms. The number of alkyl halides is 1.